The molecule has 4 rings (SSSR count). The maximum absolute atomic E-state index is 12.3. The topological polar surface area (TPSA) is 81.3 Å². The number of thiazole rings is 1. The molecule has 1 N–H and O–H groups in total. The number of rotatable bonds is 7. The Morgan fingerprint density at radius 2 is 2.03 bits per heavy atom. The van der Waals surface area contributed by atoms with E-state index in [0.717, 1.165) is 21.9 Å². The zero-order valence-corrected chi connectivity index (χ0v) is 16.9. The monoisotopic (exact) mass is 407 g/mol. The number of hydrogen-bond acceptors (Lipinski definition) is 5. The molecule has 0 aliphatic heterocycles. The summed E-state index contributed by atoms with van der Waals surface area (Å²) in [6.07, 6.45) is 4.49. The van der Waals surface area contributed by atoms with Gasteiger partial charge in [0.05, 0.1) is 12.1 Å². The van der Waals surface area contributed by atoms with Crippen LogP contribution >= 0.6 is 11.3 Å². The molecule has 1 amide bonds. The van der Waals surface area contributed by atoms with Crippen molar-refractivity contribution in [3.05, 3.63) is 75.8 Å². The van der Waals surface area contributed by atoms with E-state index in [1.807, 2.05) is 16.0 Å². The predicted octanol–water partition coefficient (Wildman–Crippen LogP) is 2.68. The summed E-state index contributed by atoms with van der Waals surface area (Å²) in [5.74, 6) is -0.0522. The Bertz CT molecular complexity index is 1190. The van der Waals surface area contributed by atoms with Crippen molar-refractivity contribution in [2.45, 2.75) is 26.3 Å². The van der Waals surface area contributed by atoms with E-state index in [1.165, 1.54) is 27.6 Å². The minimum atomic E-state index is -0.135. The Hall–Kier alpha value is -3.26. The largest absolute Gasteiger partial charge is 0.356 e. The third kappa shape index (κ3) is 4.43. The number of imidazole rings is 1. The molecule has 3 aromatic heterocycles. The van der Waals surface area contributed by atoms with Gasteiger partial charge in [-0.3, -0.25) is 14.0 Å². The summed E-state index contributed by atoms with van der Waals surface area (Å²) in [5, 5.41) is 8.88. The highest BCUT2D eigenvalue weighted by atomic mass is 32.1. The van der Waals surface area contributed by atoms with E-state index in [0.29, 0.717) is 19.5 Å². The van der Waals surface area contributed by atoms with Gasteiger partial charge in [-0.15, -0.1) is 11.3 Å². The summed E-state index contributed by atoms with van der Waals surface area (Å²) < 4.78 is 3.37. The Morgan fingerprint density at radius 1 is 1.21 bits per heavy atom. The number of benzene rings is 1. The lowest BCUT2D eigenvalue weighted by atomic mass is 10.1. The molecule has 0 spiro atoms. The summed E-state index contributed by atoms with van der Waals surface area (Å²) in [6.45, 7) is 3.03. The van der Waals surface area contributed by atoms with Crippen molar-refractivity contribution in [2.24, 2.45) is 0 Å². The molecule has 0 atom stereocenters. The molecule has 8 heteroatoms. The smallest absolute Gasteiger partial charge is 0.266 e. The van der Waals surface area contributed by atoms with E-state index >= 15 is 0 Å². The van der Waals surface area contributed by atoms with Crippen LogP contribution in [0.4, 0.5) is 0 Å². The normalized spacial score (nSPS) is 11.1. The molecular formula is C21H21N5O2S. The highest BCUT2D eigenvalue weighted by Crippen LogP contribution is 2.24. The van der Waals surface area contributed by atoms with E-state index in [9.17, 15) is 9.59 Å². The van der Waals surface area contributed by atoms with Crippen LogP contribution in [0, 0.1) is 6.92 Å². The van der Waals surface area contributed by atoms with Gasteiger partial charge in [0.2, 0.25) is 5.91 Å². The van der Waals surface area contributed by atoms with Crippen molar-refractivity contribution >= 4 is 22.2 Å². The third-order valence-electron chi connectivity index (χ3n) is 4.63. The first-order valence-electron chi connectivity index (χ1n) is 9.41. The first-order valence-corrected chi connectivity index (χ1v) is 10.3. The van der Waals surface area contributed by atoms with Crippen LogP contribution in [-0.2, 0) is 17.8 Å². The summed E-state index contributed by atoms with van der Waals surface area (Å²) in [6, 6.07) is 11.3. The van der Waals surface area contributed by atoms with E-state index in [1.54, 1.807) is 12.3 Å². The zero-order valence-electron chi connectivity index (χ0n) is 16.0. The van der Waals surface area contributed by atoms with Crippen LogP contribution in [0.1, 0.15) is 17.7 Å². The van der Waals surface area contributed by atoms with Crippen molar-refractivity contribution in [3.63, 3.8) is 0 Å². The fourth-order valence-corrected chi connectivity index (χ4v) is 3.93. The van der Waals surface area contributed by atoms with Crippen molar-refractivity contribution < 1.29 is 4.79 Å². The molecule has 3 heterocycles. The Balaban J connectivity index is 1.35. The number of nitrogens with one attached hydrogen (secondary N) is 1. The maximum Gasteiger partial charge on any atom is 0.266 e. The van der Waals surface area contributed by atoms with Crippen LogP contribution in [0.5, 0.6) is 0 Å². The second-order valence-electron chi connectivity index (χ2n) is 6.84. The number of fused-ring (bicyclic) bond motifs is 1. The summed E-state index contributed by atoms with van der Waals surface area (Å²) in [4.78, 5) is 29.5. The summed E-state index contributed by atoms with van der Waals surface area (Å²) >= 11 is 1.53. The van der Waals surface area contributed by atoms with Crippen molar-refractivity contribution in [2.75, 3.05) is 6.54 Å². The van der Waals surface area contributed by atoms with Crippen LogP contribution in [0.3, 0.4) is 0 Å². The van der Waals surface area contributed by atoms with Crippen LogP contribution < -0.4 is 10.9 Å². The summed E-state index contributed by atoms with van der Waals surface area (Å²) in [7, 11) is 0. The summed E-state index contributed by atoms with van der Waals surface area (Å²) in [5.41, 5.74) is 3.95. The average molecular weight is 407 g/mol. The Labute approximate surface area is 171 Å². The quantitative estimate of drug-likeness (QED) is 0.478. The first-order chi connectivity index (χ1) is 14.1. The number of nitrogens with zero attached hydrogens (tertiary/aromatic N) is 4. The van der Waals surface area contributed by atoms with Gasteiger partial charge < -0.3 is 5.32 Å². The Morgan fingerprint density at radius 3 is 2.83 bits per heavy atom. The number of carbonyl (C=O) groups excluding carboxylic acids is 1. The maximum atomic E-state index is 12.3. The number of amides is 1. The fraction of sp³-hybridized carbons (Fsp3) is 0.238. The van der Waals surface area contributed by atoms with E-state index < -0.39 is 0 Å². The van der Waals surface area contributed by atoms with Crippen LogP contribution in [0.2, 0.25) is 0 Å². The zero-order chi connectivity index (χ0) is 20.2. The molecule has 0 aliphatic carbocycles. The molecular weight excluding hydrogens is 386 g/mol. The molecule has 0 fully saturated rings. The average Bonchev–Trinajstić information content (AvgIpc) is 3.29. The molecule has 148 valence electrons. The molecule has 0 radical (unpaired) electrons. The van der Waals surface area contributed by atoms with Gasteiger partial charge in [0.15, 0.2) is 4.96 Å². The van der Waals surface area contributed by atoms with Crippen LogP contribution in [0.15, 0.2) is 59.0 Å². The first kappa shape index (κ1) is 19.1. The SMILES string of the molecule is Cc1ccc(-c2cn3c(CC(=O)NCCCn4ncccc4=O)csc3n2)cc1. The van der Waals surface area contributed by atoms with Crippen molar-refractivity contribution in [1.29, 1.82) is 0 Å². The molecule has 1 aromatic carbocycles. The van der Waals surface area contributed by atoms with Gasteiger partial charge in [0.1, 0.15) is 0 Å². The van der Waals surface area contributed by atoms with Gasteiger partial charge in [-0.05, 0) is 19.4 Å². The number of aromatic nitrogens is 4. The minimum Gasteiger partial charge on any atom is -0.356 e. The highest BCUT2D eigenvalue weighted by Gasteiger charge is 2.12. The molecule has 29 heavy (non-hydrogen) atoms. The van der Waals surface area contributed by atoms with Crippen molar-refractivity contribution in [1.82, 2.24) is 24.5 Å². The van der Waals surface area contributed by atoms with Crippen LogP contribution in [-0.4, -0.2) is 31.6 Å². The van der Waals surface area contributed by atoms with E-state index in [-0.39, 0.29) is 17.9 Å². The van der Waals surface area contributed by atoms with Crippen LogP contribution in [0.25, 0.3) is 16.2 Å². The molecule has 0 aliphatic rings. The second kappa shape index (κ2) is 8.40. The lowest BCUT2D eigenvalue weighted by Gasteiger charge is -2.06. The lowest BCUT2D eigenvalue weighted by Crippen LogP contribution is -2.29. The second-order valence-corrected chi connectivity index (χ2v) is 7.67. The fourth-order valence-electron chi connectivity index (χ4n) is 3.06. The highest BCUT2D eigenvalue weighted by molar-refractivity contribution is 7.15. The van der Waals surface area contributed by atoms with Crippen molar-refractivity contribution in [3.8, 4) is 11.3 Å². The number of carbonyl (C=O) groups is 1. The predicted molar refractivity (Wildman–Crippen MR) is 113 cm³/mol. The molecule has 0 unspecified atom stereocenters. The van der Waals surface area contributed by atoms with E-state index in [4.69, 9.17) is 0 Å². The molecule has 0 saturated heterocycles. The molecule has 0 bridgehead atoms. The van der Waals surface area contributed by atoms with Gasteiger partial charge in [-0.2, -0.15) is 5.10 Å². The standard InChI is InChI=1S/C21H21N5O2S/c1-15-5-7-16(8-6-15)18-13-25-17(14-29-21(25)24-18)12-19(27)22-9-3-11-26-20(28)4-2-10-23-26/h2,4-8,10,13-14H,3,9,11-12H2,1H3,(H,22,27). The minimum absolute atomic E-state index is 0.0522. The molecule has 7 nitrogen and oxygen atoms in total. The molecule has 4 aromatic rings. The van der Waals surface area contributed by atoms with Gasteiger partial charge in [0, 0.05) is 48.2 Å². The number of hydrogen-bond donors (Lipinski definition) is 1. The van der Waals surface area contributed by atoms with Gasteiger partial charge in [-0.1, -0.05) is 29.8 Å². The van der Waals surface area contributed by atoms with Gasteiger partial charge in [-0.25, -0.2) is 9.67 Å². The van der Waals surface area contributed by atoms with Gasteiger partial charge >= 0.3 is 0 Å². The number of aryl methyl sites for hydroxylation is 2. The lowest BCUT2D eigenvalue weighted by molar-refractivity contribution is -0.120. The Kier molecular flexibility index (Phi) is 5.53. The molecule has 0 saturated carbocycles. The third-order valence-corrected chi connectivity index (χ3v) is 5.52. The van der Waals surface area contributed by atoms with E-state index in [2.05, 4.69) is 46.6 Å². The van der Waals surface area contributed by atoms with Gasteiger partial charge in [0.25, 0.3) is 5.56 Å².